The molecule has 0 bridgehead atoms. The molecular weight excluding hydrogens is 774 g/mol. The number of nitrogens with zero attached hydrogens (tertiary/aromatic N) is 4. The molecule has 2 saturated heterocycles. The van der Waals surface area contributed by atoms with Gasteiger partial charge in [0.25, 0.3) is 0 Å². The first-order valence-electron chi connectivity index (χ1n) is 20.3. The van der Waals surface area contributed by atoms with Crippen LogP contribution in [0.4, 0.5) is 4.79 Å². The molecular formula is C45H56ClN5O8. The molecule has 3 fully saturated rings. The van der Waals surface area contributed by atoms with E-state index in [-0.39, 0.29) is 29.8 Å². The summed E-state index contributed by atoms with van der Waals surface area (Å²) in [5.41, 5.74) is 0.252. The van der Waals surface area contributed by atoms with Crippen LogP contribution in [0, 0.1) is 5.92 Å². The smallest absolute Gasteiger partial charge is 0.411 e. The Balaban J connectivity index is 1.44. The molecule has 0 radical (unpaired) electrons. The molecule has 1 N–H and O–H groups in total. The van der Waals surface area contributed by atoms with Crippen LogP contribution in [0.2, 0.25) is 5.02 Å². The summed E-state index contributed by atoms with van der Waals surface area (Å²) < 4.78 is 23.5. The highest BCUT2D eigenvalue weighted by Crippen LogP contribution is 2.46. The molecule has 1 aromatic carbocycles. The Hall–Kier alpha value is -5.17. The van der Waals surface area contributed by atoms with Gasteiger partial charge in [-0.1, -0.05) is 56.5 Å². The van der Waals surface area contributed by atoms with Crippen molar-refractivity contribution in [2.24, 2.45) is 5.92 Å². The van der Waals surface area contributed by atoms with Crippen LogP contribution in [0.1, 0.15) is 91.2 Å². The van der Waals surface area contributed by atoms with Crippen LogP contribution in [0.5, 0.6) is 11.5 Å². The maximum absolute atomic E-state index is 14.9. The van der Waals surface area contributed by atoms with Gasteiger partial charge in [0.2, 0.25) is 11.8 Å². The van der Waals surface area contributed by atoms with E-state index >= 15 is 0 Å². The number of methoxy groups -OCH3 is 2. The molecule has 13 nitrogen and oxygen atoms in total. The topological polar surface area (TPSA) is 149 Å². The van der Waals surface area contributed by atoms with E-state index in [1.165, 1.54) is 19.1 Å². The van der Waals surface area contributed by atoms with Gasteiger partial charge < -0.3 is 29.2 Å². The fourth-order valence-electron chi connectivity index (χ4n) is 8.18. The third kappa shape index (κ3) is 8.90. The zero-order valence-electron chi connectivity index (χ0n) is 35.1. The van der Waals surface area contributed by atoms with Gasteiger partial charge in [-0.3, -0.25) is 19.5 Å². The van der Waals surface area contributed by atoms with Gasteiger partial charge in [-0.05, 0) is 76.6 Å². The second kappa shape index (κ2) is 17.6. The second-order valence-electron chi connectivity index (χ2n) is 16.9. The highest BCUT2D eigenvalue weighted by molar-refractivity contribution is 6.36. The molecule has 6 rings (SSSR count). The van der Waals surface area contributed by atoms with Crippen molar-refractivity contribution in [2.45, 2.75) is 121 Å². The lowest BCUT2D eigenvalue weighted by molar-refractivity contribution is -0.153. The van der Waals surface area contributed by atoms with Crippen LogP contribution >= 0.6 is 11.6 Å². The first-order chi connectivity index (χ1) is 28.1. The van der Waals surface area contributed by atoms with Crippen molar-refractivity contribution in [3.05, 3.63) is 72.4 Å². The molecule has 14 heteroatoms. The first-order valence-corrected chi connectivity index (χ1v) is 20.7. The summed E-state index contributed by atoms with van der Waals surface area (Å²) in [5, 5.41) is 3.78. The molecule has 316 valence electrons. The maximum Gasteiger partial charge on any atom is 0.411 e. The van der Waals surface area contributed by atoms with Crippen molar-refractivity contribution in [1.82, 2.24) is 25.1 Å². The summed E-state index contributed by atoms with van der Waals surface area (Å²) in [7, 11) is 2.79. The number of amides is 3. The van der Waals surface area contributed by atoms with Gasteiger partial charge >= 0.3 is 12.1 Å². The number of rotatable bonds is 15. The number of unbranched alkanes of at least 4 members (excludes halogenated alkanes) is 3. The minimum Gasteiger partial charge on any atom is -0.495 e. The van der Waals surface area contributed by atoms with E-state index in [1.54, 1.807) is 49.9 Å². The molecule has 2 aromatic heterocycles. The minimum absolute atomic E-state index is 0.0340. The number of ether oxygens (including phenoxy) is 4. The number of carbonyl (C=O) groups excluding carboxylic acids is 4. The number of hydrogen-bond acceptors (Lipinski definition) is 10. The number of halogens is 1. The largest absolute Gasteiger partial charge is 0.495 e. The number of piperazine rings is 1. The minimum atomic E-state index is -1.29. The molecule has 3 aromatic rings. The Labute approximate surface area is 351 Å². The Kier molecular flexibility index (Phi) is 12.9. The van der Waals surface area contributed by atoms with E-state index in [1.807, 2.05) is 24.3 Å². The molecule has 3 aliphatic rings. The number of aromatic nitrogens is 2. The van der Waals surface area contributed by atoms with Gasteiger partial charge in [0.1, 0.15) is 45.8 Å². The van der Waals surface area contributed by atoms with Gasteiger partial charge in [-0.25, -0.2) is 14.6 Å². The molecule has 6 atom stereocenters. The standard InChI is InChI=1S/C45H56ClN5O8/c1-10-12-13-14-15-19-32-41(53)51-33(40(52)49-45(42(54)57-9)24-27(45)11-2)23-37(34(51)25-50(32)43(55)59-44(5,6)7)58-36-22-31(30-18-16-17-29(47-30)26(3)4)48-39-28(36)20-21-35(56-8)38(39)46/h10-11,16-18,20-22,26-27,32-34,37H,1-2,12-15,19,23-25H2,3-9H3,(H,49,52)/t27-,32-,33+,34-,37-,45-/m1/s1. The molecule has 3 amide bonds. The van der Waals surface area contributed by atoms with Crippen LogP contribution in [0.25, 0.3) is 22.3 Å². The zero-order valence-corrected chi connectivity index (χ0v) is 35.8. The summed E-state index contributed by atoms with van der Waals surface area (Å²) in [5.74, 6) is -0.882. The van der Waals surface area contributed by atoms with E-state index in [0.717, 1.165) is 25.0 Å². The molecule has 2 aliphatic heterocycles. The van der Waals surface area contributed by atoms with E-state index in [2.05, 4.69) is 32.3 Å². The van der Waals surface area contributed by atoms with Crippen molar-refractivity contribution in [1.29, 1.82) is 0 Å². The first kappa shape index (κ1) is 43.4. The molecule has 0 spiro atoms. The second-order valence-corrected chi connectivity index (χ2v) is 17.3. The Bertz CT molecular complexity index is 2120. The summed E-state index contributed by atoms with van der Waals surface area (Å²) in [6, 6.07) is 8.31. The number of esters is 1. The quantitative estimate of drug-likeness (QED) is 0.0914. The number of fused-ring (bicyclic) bond motifs is 2. The lowest BCUT2D eigenvalue weighted by Crippen LogP contribution is -2.66. The van der Waals surface area contributed by atoms with Gasteiger partial charge in [-0.15, -0.1) is 13.2 Å². The fourth-order valence-corrected chi connectivity index (χ4v) is 8.47. The number of hydrogen-bond donors (Lipinski definition) is 1. The number of allylic oxidation sites excluding steroid dienone is 1. The summed E-state index contributed by atoms with van der Waals surface area (Å²) in [6.07, 6.45) is 5.97. The maximum atomic E-state index is 14.9. The van der Waals surface area contributed by atoms with E-state index < -0.39 is 59.2 Å². The van der Waals surface area contributed by atoms with Crippen molar-refractivity contribution >= 4 is 46.4 Å². The van der Waals surface area contributed by atoms with Gasteiger partial charge in [-0.2, -0.15) is 0 Å². The van der Waals surface area contributed by atoms with Gasteiger partial charge in [0.05, 0.1) is 37.2 Å². The van der Waals surface area contributed by atoms with Crippen molar-refractivity contribution in [3.8, 4) is 22.9 Å². The van der Waals surface area contributed by atoms with Crippen LogP contribution in [0.3, 0.4) is 0 Å². The Morgan fingerprint density at radius 2 is 1.81 bits per heavy atom. The molecule has 1 aliphatic carbocycles. The van der Waals surface area contributed by atoms with Crippen molar-refractivity contribution < 1.29 is 38.1 Å². The summed E-state index contributed by atoms with van der Waals surface area (Å²) >= 11 is 6.91. The normalized spacial score (nSPS) is 23.7. The van der Waals surface area contributed by atoms with Crippen molar-refractivity contribution in [3.63, 3.8) is 0 Å². The molecule has 4 heterocycles. The predicted octanol–water partition coefficient (Wildman–Crippen LogP) is 7.79. The van der Waals surface area contributed by atoms with Crippen LogP contribution in [-0.4, -0.2) is 99.8 Å². The number of benzene rings is 1. The summed E-state index contributed by atoms with van der Waals surface area (Å²) in [6.45, 7) is 17.1. The lowest BCUT2D eigenvalue weighted by Gasteiger charge is -2.45. The number of pyridine rings is 2. The zero-order chi connectivity index (χ0) is 42.8. The monoisotopic (exact) mass is 829 g/mol. The molecule has 59 heavy (non-hydrogen) atoms. The molecule has 0 unspecified atom stereocenters. The van der Waals surface area contributed by atoms with E-state index in [0.29, 0.717) is 53.1 Å². The lowest BCUT2D eigenvalue weighted by atomic mass is 9.99. The predicted molar refractivity (Wildman–Crippen MR) is 225 cm³/mol. The fraction of sp³-hybridized carbons (Fsp3) is 0.511. The summed E-state index contributed by atoms with van der Waals surface area (Å²) in [4.78, 5) is 69.4. The molecule has 1 saturated carbocycles. The van der Waals surface area contributed by atoms with Gasteiger partial charge in [0.15, 0.2) is 0 Å². The number of carbonyl (C=O) groups is 4. The van der Waals surface area contributed by atoms with Crippen LogP contribution < -0.4 is 14.8 Å². The average Bonchev–Trinajstić information content (AvgIpc) is 3.80. The average molecular weight is 830 g/mol. The van der Waals surface area contributed by atoms with Crippen LogP contribution in [-0.2, 0) is 23.9 Å². The highest BCUT2D eigenvalue weighted by atomic mass is 35.5. The SMILES string of the molecule is C=CCCCCC[C@@H]1C(=O)N2[C@H](CN1C(=O)OC(C)(C)C)[C@H](Oc1cc(-c3cccc(C(C)C)n3)nc3c(Cl)c(OC)ccc13)C[C@H]2C(=O)N[C@]1(C(=O)OC)C[C@H]1C=C. The van der Waals surface area contributed by atoms with E-state index in [9.17, 15) is 19.2 Å². The third-order valence-electron chi connectivity index (χ3n) is 11.4. The highest BCUT2D eigenvalue weighted by Gasteiger charge is 2.63. The van der Waals surface area contributed by atoms with E-state index in [4.69, 9.17) is 40.5 Å². The Morgan fingerprint density at radius 1 is 1.05 bits per heavy atom. The van der Waals surface area contributed by atoms with Gasteiger partial charge in [0, 0.05) is 36.0 Å². The van der Waals surface area contributed by atoms with Crippen molar-refractivity contribution in [2.75, 3.05) is 20.8 Å². The van der Waals surface area contributed by atoms with Crippen LogP contribution in [0.15, 0.2) is 61.7 Å². The third-order valence-corrected chi connectivity index (χ3v) is 11.7. The Morgan fingerprint density at radius 3 is 2.46 bits per heavy atom. The number of nitrogens with one attached hydrogen (secondary N) is 1.